The lowest BCUT2D eigenvalue weighted by Gasteiger charge is -2.29. The Labute approximate surface area is 407 Å². The van der Waals surface area contributed by atoms with Crippen molar-refractivity contribution in [1.29, 1.82) is 0 Å². The Balaban J connectivity index is 3.76. The largest absolute Gasteiger partial charge is 0.391 e. The zero-order valence-corrected chi connectivity index (χ0v) is 42.0. The van der Waals surface area contributed by atoms with E-state index in [0.717, 1.165) is 38.5 Å². The fourth-order valence-electron chi connectivity index (χ4n) is 7.61. The summed E-state index contributed by atoms with van der Waals surface area (Å²) in [5.41, 5.74) is 17.5. The van der Waals surface area contributed by atoms with E-state index in [1.165, 1.54) is 13.8 Å². The highest BCUT2D eigenvalue weighted by Gasteiger charge is 2.36. The minimum Gasteiger partial charge on any atom is -0.391 e. The van der Waals surface area contributed by atoms with Crippen molar-refractivity contribution in [1.82, 2.24) is 47.9 Å². The maximum Gasteiger partial charge on any atom is 0.245 e. The molecule has 10 atom stereocenters. The number of unbranched alkanes of at least 4 members (excludes halogenated alkanes) is 6. The molecular weight excluding hydrogens is 897 g/mol. The van der Waals surface area contributed by atoms with Crippen molar-refractivity contribution in [3.63, 3.8) is 0 Å². The summed E-state index contributed by atoms with van der Waals surface area (Å²) in [4.78, 5) is 124. The molecule has 396 valence electrons. The number of hydrogen-bond donors (Lipinski definition) is 14. The highest BCUT2D eigenvalue weighted by molar-refractivity contribution is 5.98. The number of nitrogens with one attached hydrogen (secondary N) is 9. The Kier molecular flexibility index (Phi) is 30.2. The molecule has 0 unspecified atom stereocenters. The zero-order valence-electron chi connectivity index (χ0n) is 42.0. The van der Waals surface area contributed by atoms with E-state index >= 15 is 0 Å². The zero-order chi connectivity index (χ0) is 52.2. The summed E-state index contributed by atoms with van der Waals surface area (Å²) in [6, 6.07) is -11.1. The van der Waals surface area contributed by atoms with Crippen LogP contribution in [0, 0.1) is 11.8 Å². The van der Waals surface area contributed by atoms with Crippen molar-refractivity contribution < 1.29 is 53.4 Å². The quantitative estimate of drug-likeness (QED) is 0.0468. The summed E-state index contributed by atoms with van der Waals surface area (Å²) in [7, 11) is 0. The van der Waals surface area contributed by atoms with Gasteiger partial charge in [-0.3, -0.25) is 43.2 Å². The molecule has 0 spiro atoms. The van der Waals surface area contributed by atoms with Crippen LogP contribution in [0.1, 0.15) is 138 Å². The van der Waals surface area contributed by atoms with E-state index in [0.29, 0.717) is 6.42 Å². The predicted octanol–water partition coefficient (Wildman–Crippen LogP) is -2.57. The molecule has 1 aliphatic heterocycles. The van der Waals surface area contributed by atoms with E-state index in [1.54, 1.807) is 0 Å². The van der Waals surface area contributed by atoms with Gasteiger partial charge in [-0.25, -0.2) is 0 Å². The third kappa shape index (κ3) is 23.9. The summed E-state index contributed by atoms with van der Waals surface area (Å²) in [6.07, 6.45) is 3.35. The molecule has 1 saturated heterocycles. The first-order valence-electron chi connectivity index (χ1n) is 24.8. The monoisotopic (exact) mass is 983 g/mol. The molecule has 1 aliphatic rings. The van der Waals surface area contributed by atoms with Crippen molar-refractivity contribution in [3.05, 3.63) is 0 Å². The second-order valence-corrected chi connectivity index (χ2v) is 18.8. The van der Waals surface area contributed by atoms with Crippen LogP contribution in [-0.2, 0) is 43.2 Å². The molecule has 1 fully saturated rings. The normalized spacial score (nSPS) is 24.4. The SMILES string of the molecule is CCCCCCCCCC(=O)N[C@@H](C(=O)N[C@H]1CCNC(=O)[C@H]([C@@H](C)O)NC(=O)[C@H](CCN)NC(=O)[C@H](CCN)NC(=O)[C@H](CC(C)C)NC(=O)[C@@H](CC(C)C)NC(=O)[C@H](CCN)NC1=O)[C@H](C)O. The van der Waals surface area contributed by atoms with E-state index in [1.807, 2.05) is 27.7 Å². The van der Waals surface area contributed by atoms with Crippen LogP contribution in [0.4, 0.5) is 0 Å². The molecule has 0 bridgehead atoms. The molecule has 0 radical (unpaired) electrons. The summed E-state index contributed by atoms with van der Waals surface area (Å²) in [5, 5.41) is 44.4. The van der Waals surface area contributed by atoms with E-state index in [4.69, 9.17) is 17.2 Å². The van der Waals surface area contributed by atoms with Gasteiger partial charge in [0.1, 0.15) is 48.3 Å². The highest BCUT2D eigenvalue weighted by Crippen LogP contribution is 2.12. The lowest BCUT2D eigenvalue weighted by atomic mass is 9.99. The van der Waals surface area contributed by atoms with Gasteiger partial charge in [-0.15, -0.1) is 0 Å². The highest BCUT2D eigenvalue weighted by atomic mass is 16.3. The number of amides is 9. The van der Waals surface area contributed by atoms with E-state index < -0.39 is 114 Å². The van der Waals surface area contributed by atoms with E-state index in [-0.39, 0.29) is 83.0 Å². The maximum absolute atomic E-state index is 14.2. The number of carbonyl (C=O) groups is 9. The average molecular weight is 983 g/mol. The summed E-state index contributed by atoms with van der Waals surface area (Å²) < 4.78 is 0. The van der Waals surface area contributed by atoms with E-state index in [9.17, 15) is 53.4 Å². The van der Waals surface area contributed by atoms with Crippen LogP contribution < -0.4 is 65.1 Å². The van der Waals surface area contributed by atoms with Crippen LogP contribution in [0.5, 0.6) is 0 Å². The van der Waals surface area contributed by atoms with Crippen LogP contribution in [0.15, 0.2) is 0 Å². The minimum absolute atomic E-state index is 0.0673. The number of aliphatic hydroxyl groups is 2. The fourth-order valence-corrected chi connectivity index (χ4v) is 7.61. The van der Waals surface area contributed by atoms with Crippen molar-refractivity contribution in [2.75, 3.05) is 26.2 Å². The van der Waals surface area contributed by atoms with E-state index in [2.05, 4.69) is 54.8 Å². The van der Waals surface area contributed by atoms with Crippen LogP contribution in [0.25, 0.3) is 0 Å². The molecule has 17 N–H and O–H groups in total. The standard InChI is InChI=1S/C46H86N12O11/c1-8-9-10-11-12-13-14-15-36(61)57-38(29(7)60)46(69)54-33-19-23-50-45(68)37(28(6)59)58-42(65)32(18-22-49)52-39(62)30(16-20-47)53-43(66)34(24-26(2)3)56-44(67)35(25-27(4)5)55-40(63)31(17-21-48)51-41(33)64/h26-35,37-38,59-60H,8-25,47-49H2,1-7H3,(H,50,68)(H,51,64)(H,52,62)(H,53,66)(H,54,69)(H,55,63)(H,56,67)(H,57,61)(H,58,65)/t28-,29+,30+,31+,32+,33+,34+,35-,37+,38-/m1/s1. The Morgan fingerprint density at radius 3 is 1.41 bits per heavy atom. The van der Waals surface area contributed by atoms with Crippen LogP contribution in [-0.4, -0.2) is 150 Å². The topological polar surface area (TPSA) is 380 Å². The third-order valence-corrected chi connectivity index (χ3v) is 11.5. The van der Waals surface area contributed by atoms with Crippen LogP contribution in [0.3, 0.4) is 0 Å². The molecule has 23 nitrogen and oxygen atoms in total. The van der Waals surface area contributed by atoms with Gasteiger partial charge in [-0.2, -0.15) is 0 Å². The van der Waals surface area contributed by atoms with Crippen molar-refractivity contribution in [2.24, 2.45) is 29.0 Å². The molecule has 0 saturated carbocycles. The fraction of sp³-hybridized carbons (Fsp3) is 0.804. The number of rotatable bonds is 23. The Morgan fingerprint density at radius 1 is 0.580 bits per heavy atom. The van der Waals surface area contributed by atoms with Gasteiger partial charge in [0.05, 0.1) is 12.2 Å². The molecular formula is C46H86N12O11. The van der Waals surface area contributed by atoms with Gasteiger partial charge in [0, 0.05) is 13.0 Å². The van der Waals surface area contributed by atoms with Crippen molar-refractivity contribution >= 4 is 53.2 Å². The Morgan fingerprint density at radius 2 is 0.986 bits per heavy atom. The number of nitrogens with two attached hydrogens (primary N) is 3. The molecule has 0 aliphatic carbocycles. The molecule has 23 heteroatoms. The Hall–Kier alpha value is -4.97. The lowest BCUT2D eigenvalue weighted by Crippen LogP contribution is -2.61. The second-order valence-electron chi connectivity index (χ2n) is 18.8. The molecule has 0 aromatic rings. The van der Waals surface area contributed by atoms with Crippen molar-refractivity contribution in [3.8, 4) is 0 Å². The average Bonchev–Trinajstić information content (AvgIpc) is 3.27. The van der Waals surface area contributed by atoms with Crippen molar-refractivity contribution in [2.45, 2.75) is 199 Å². The van der Waals surface area contributed by atoms with Gasteiger partial charge in [0.15, 0.2) is 0 Å². The molecule has 0 aromatic heterocycles. The minimum atomic E-state index is -1.61. The first-order chi connectivity index (χ1) is 32.6. The summed E-state index contributed by atoms with van der Waals surface area (Å²) in [6.45, 7) is 11.2. The van der Waals surface area contributed by atoms with Crippen LogP contribution in [0.2, 0.25) is 0 Å². The molecule has 1 heterocycles. The van der Waals surface area contributed by atoms with Gasteiger partial charge in [-0.05, 0) is 90.3 Å². The molecule has 0 aromatic carbocycles. The third-order valence-electron chi connectivity index (χ3n) is 11.5. The van der Waals surface area contributed by atoms with Crippen LogP contribution >= 0.6 is 0 Å². The maximum atomic E-state index is 14.2. The number of hydrogen-bond acceptors (Lipinski definition) is 14. The van der Waals surface area contributed by atoms with Gasteiger partial charge in [0.2, 0.25) is 53.2 Å². The first-order valence-corrected chi connectivity index (χ1v) is 24.8. The van der Waals surface area contributed by atoms with Gasteiger partial charge < -0.3 is 75.3 Å². The molecule has 9 amide bonds. The number of aliphatic hydroxyl groups excluding tert-OH is 2. The van der Waals surface area contributed by atoms with Gasteiger partial charge in [-0.1, -0.05) is 73.1 Å². The summed E-state index contributed by atoms with van der Waals surface area (Å²) >= 11 is 0. The number of carbonyl (C=O) groups excluding carboxylic acids is 9. The Bertz CT molecular complexity index is 1650. The summed E-state index contributed by atoms with van der Waals surface area (Å²) in [5.74, 6) is -7.66. The predicted molar refractivity (Wildman–Crippen MR) is 259 cm³/mol. The first kappa shape index (κ1) is 62.0. The molecule has 1 rings (SSSR count). The second kappa shape index (κ2) is 33.5. The lowest BCUT2D eigenvalue weighted by molar-refractivity contribution is -0.136. The molecule has 69 heavy (non-hydrogen) atoms. The van der Waals surface area contributed by atoms with Gasteiger partial charge >= 0.3 is 0 Å². The smallest absolute Gasteiger partial charge is 0.245 e. The van der Waals surface area contributed by atoms with Gasteiger partial charge in [0.25, 0.3) is 0 Å².